The van der Waals surface area contributed by atoms with E-state index >= 15 is 0 Å². The number of hydrogen-bond acceptors (Lipinski definition) is 5. The molecule has 8 heteroatoms. The SMILES string of the molecule is O=C(Nc1c(C(=O)O)nc2c(OCc3ccccc3)cccn12)OCc1ccccc1. The van der Waals surface area contributed by atoms with Crippen molar-refractivity contribution in [3.63, 3.8) is 0 Å². The Morgan fingerprint density at radius 1 is 0.903 bits per heavy atom. The first-order valence-electron chi connectivity index (χ1n) is 9.50. The predicted molar refractivity (Wildman–Crippen MR) is 113 cm³/mol. The zero-order chi connectivity index (χ0) is 21.6. The number of nitrogens with zero attached hydrogens (tertiary/aromatic N) is 2. The number of carbonyl (C=O) groups is 2. The molecule has 0 spiro atoms. The van der Waals surface area contributed by atoms with Crippen LogP contribution in [0.2, 0.25) is 0 Å². The summed E-state index contributed by atoms with van der Waals surface area (Å²) in [5.41, 5.74) is 1.73. The van der Waals surface area contributed by atoms with E-state index in [4.69, 9.17) is 9.47 Å². The van der Waals surface area contributed by atoms with Crippen LogP contribution < -0.4 is 10.1 Å². The molecule has 2 aromatic heterocycles. The second-order valence-corrected chi connectivity index (χ2v) is 6.64. The molecule has 0 saturated carbocycles. The molecule has 2 heterocycles. The Morgan fingerprint density at radius 3 is 2.19 bits per heavy atom. The minimum Gasteiger partial charge on any atom is -0.485 e. The number of fused-ring (bicyclic) bond motifs is 1. The van der Waals surface area contributed by atoms with Gasteiger partial charge < -0.3 is 14.6 Å². The van der Waals surface area contributed by atoms with E-state index in [2.05, 4.69) is 10.3 Å². The van der Waals surface area contributed by atoms with Crippen molar-refractivity contribution in [2.75, 3.05) is 5.32 Å². The fourth-order valence-corrected chi connectivity index (χ4v) is 3.02. The highest BCUT2D eigenvalue weighted by atomic mass is 16.5. The monoisotopic (exact) mass is 417 g/mol. The van der Waals surface area contributed by atoms with Crippen molar-refractivity contribution in [2.45, 2.75) is 13.2 Å². The average molecular weight is 417 g/mol. The highest BCUT2D eigenvalue weighted by molar-refractivity contribution is 5.97. The van der Waals surface area contributed by atoms with E-state index < -0.39 is 12.1 Å². The van der Waals surface area contributed by atoms with Gasteiger partial charge in [-0.1, -0.05) is 60.7 Å². The lowest BCUT2D eigenvalue weighted by molar-refractivity contribution is 0.0692. The summed E-state index contributed by atoms with van der Waals surface area (Å²) in [4.78, 5) is 28.2. The van der Waals surface area contributed by atoms with E-state index in [9.17, 15) is 14.7 Å². The number of carboxylic acid groups (broad SMARTS) is 1. The third-order valence-electron chi connectivity index (χ3n) is 4.49. The Hall–Kier alpha value is -4.33. The standard InChI is InChI=1S/C23H19N3O5/c27-22(28)19-21(25-23(29)31-15-17-10-5-2-6-11-17)26-13-7-12-18(20(26)24-19)30-14-16-8-3-1-4-9-16/h1-13H,14-15H2,(H,25,29)(H,27,28). The van der Waals surface area contributed by atoms with Gasteiger partial charge in [0.2, 0.25) is 0 Å². The quantitative estimate of drug-likeness (QED) is 0.463. The number of carboxylic acids is 1. The first-order chi connectivity index (χ1) is 15.1. The number of rotatable bonds is 7. The number of carbonyl (C=O) groups excluding carboxylic acids is 1. The highest BCUT2D eigenvalue weighted by Gasteiger charge is 2.22. The summed E-state index contributed by atoms with van der Waals surface area (Å²) >= 11 is 0. The Kier molecular flexibility index (Phi) is 5.79. The number of aromatic carboxylic acids is 1. The molecule has 0 saturated heterocycles. The van der Waals surface area contributed by atoms with Crippen LogP contribution in [0.15, 0.2) is 79.0 Å². The van der Waals surface area contributed by atoms with Gasteiger partial charge in [0.05, 0.1) is 0 Å². The molecule has 0 aliphatic heterocycles. The van der Waals surface area contributed by atoms with Crippen molar-refractivity contribution in [3.8, 4) is 5.75 Å². The number of ether oxygens (including phenoxy) is 2. The molecular formula is C23H19N3O5. The summed E-state index contributed by atoms with van der Waals surface area (Å²) in [6.07, 6.45) is 0.806. The molecule has 0 aliphatic carbocycles. The van der Waals surface area contributed by atoms with Crippen LogP contribution in [0.25, 0.3) is 5.65 Å². The zero-order valence-corrected chi connectivity index (χ0v) is 16.4. The molecule has 8 nitrogen and oxygen atoms in total. The first kappa shape index (κ1) is 20.0. The Bertz CT molecular complexity index is 1210. The largest absolute Gasteiger partial charge is 0.485 e. The fraction of sp³-hybridized carbons (Fsp3) is 0.0870. The van der Waals surface area contributed by atoms with Crippen LogP contribution in [0.5, 0.6) is 5.75 Å². The van der Waals surface area contributed by atoms with Crippen molar-refractivity contribution in [3.05, 3.63) is 95.8 Å². The maximum atomic E-state index is 12.3. The summed E-state index contributed by atoms with van der Waals surface area (Å²) in [5.74, 6) is -0.902. The summed E-state index contributed by atoms with van der Waals surface area (Å²) in [7, 11) is 0. The number of benzene rings is 2. The Balaban J connectivity index is 1.56. The van der Waals surface area contributed by atoms with Gasteiger partial charge in [-0.05, 0) is 23.3 Å². The number of pyridine rings is 1. The number of hydrogen-bond donors (Lipinski definition) is 2. The number of aromatic nitrogens is 2. The second kappa shape index (κ2) is 9.00. The molecule has 2 N–H and O–H groups in total. The lowest BCUT2D eigenvalue weighted by Gasteiger charge is -2.09. The summed E-state index contributed by atoms with van der Waals surface area (Å²) in [5, 5.41) is 12.1. The topological polar surface area (TPSA) is 102 Å². The molecule has 0 bridgehead atoms. The molecular weight excluding hydrogens is 398 g/mol. The van der Waals surface area contributed by atoms with Crippen molar-refractivity contribution in [1.29, 1.82) is 0 Å². The minimum absolute atomic E-state index is 0.00859. The number of nitrogens with one attached hydrogen (secondary N) is 1. The number of amides is 1. The van der Waals surface area contributed by atoms with Gasteiger partial charge in [-0.15, -0.1) is 0 Å². The fourth-order valence-electron chi connectivity index (χ4n) is 3.02. The molecule has 0 radical (unpaired) electrons. The predicted octanol–water partition coefficient (Wildman–Crippen LogP) is 4.36. The molecule has 0 atom stereocenters. The molecule has 0 unspecified atom stereocenters. The average Bonchev–Trinajstić information content (AvgIpc) is 3.17. The smallest absolute Gasteiger partial charge is 0.413 e. The Labute approximate surface area is 177 Å². The van der Waals surface area contributed by atoms with Crippen LogP contribution in [0, 0.1) is 0 Å². The van der Waals surface area contributed by atoms with Crippen LogP contribution >= 0.6 is 0 Å². The van der Waals surface area contributed by atoms with Gasteiger partial charge in [0.15, 0.2) is 22.9 Å². The van der Waals surface area contributed by atoms with Gasteiger partial charge in [0, 0.05) is 6.20 Å². The summed E-state index contributed by atoms with van der Waals surface area (Å²) < 4.78 is 12.5. The van der Waals surface area contributed by atoms with Crippen molar-refractivity contribution >= 4 is 23.5 Å². The highest BCUT2D eigenvalue weighted by Crippen LogP contribution is 2.26. The van der Waals surface area contributed by atoms with E-state index in [1.807, 2.05) is 60.7 Å². The molecule has 0 fully saturated rings. The van der Waals surface area contributed by atoms with Crippen LogP contribution in [0.3, 0.4) is 0 Å². The maximum absolute atomic E-state index is 12.3. The van der Waals surface area contributed by atoms with Crippen molar-refractivity contribution in [2.24, 2.45) is 0 Å². The first-order valence-corrected chi connectivity index (χ1v) is 9.50. The second-order valence-electron chi connectivity index (χ2n) is 6.64. The van der Waals surface area contributed by atoms with Gasteiger partial charge in [-0.25, -0.2) is 14.6 Å². The molecule has 31 heavy (non-hydrogen) atoms. The maximum Gasteiger partial charge on any atom is 0.413 e. The molecule has 156 valence electrons. The molecule has 4 aromatic rings. The summed E-state index contributed by atoms with van der Waals surface area (Å²) in [6.45, 7) is 0.342. The van der Waals surface area contributed by atoms with Gasteiger partial charge in [-0.3, -0.25) is 9.72 Å². The van der Waals surface area contributed by atoms with Gasteiger partial charge in [-0.2, -0.15) is 0 Å². The van der Waals surface area contributed by atoms with Crippen LogP contribution in [-0.4, -0.2) is 26.6 Å². The van der Waals surface area contributed by atoms with Crippen LogP contribution in [0.4, 0.5) is 10.6 Å². The molecule has 2 aromatic carbocycles. The van der Waals surface area contributed by atoms with E-state index in [0.717, 1.165) is 11.1 Å². The van der Waals surface area contributed by atoms with Crippen molar-refractivity contribution in [1.82, 2.24) is 9.38 Å². The van der Waals surface area contributed by atoms with E-state index in [1.165, 1.54) is 4.40 Å². The summed E-state index contributed by atoms with van der Waals surface area (Å²) in [6, 6.07) is 22.1. The third-order valence-corrected chi connectivity index (χ3v) is 4.49. The molecule has 1 amide bonds. The van der Waals surface area contributed by atoms with E-state index in [-0.39, 0.29) is 30.4 Å². The van der Waals surface area contributed by atoms with Crippen molar-refractivity contribution < 1.29 is 24.2 Å². The lowest BCUT2D eigenvalue weighted by Crippen LogP contribution is -2.17. The molecule has 0 aliphatic rings. The van der Waals surface area contributed by atoms with Crippen LogP contribution in [-0.2, 0) is 18.0 Å². The van der Waals surface area contributed by atoms with Gasteiger partial charge in [0.25, 0.3) is 0 Å². The van der Waals surface area contributed by atoms with Crippen LogP contribution in [0.1, 0.15) is 21.6 Å². The third kappa shape index (κ3) is 4.64. The normalized spacial score (nSPS) is 10.6. The van der Waals surface area contributed by atoms with Gasteiger partial charge >= 0.3 is 12.1 Å². The molecule has 4 rings (SSSR count). The Morgan fingerprint density at radius 2 is 1.55 bits per heavy atom. The van der Waals surface area contributed by atoms with E-state index in [1.54, 1.807) is 18.3 Å². The minimum atomic E-state index is -1.28. The number of imidazole rings is 1. The zero-order valence-electron chi connectivity index (χ0n) is 16.4. The van der Waals surface area contributed by atoms with E-state index in [0.29, 0.717) is 5.75 Å². The van der Waals surface area contributed by atoms with Gasteiger partial charge in [0.1, 0.15) is 13.2 Å². The number of anilines is 1. The lowest BCUT2D eigenvalue weighted by atomic mass is 10.2.